The molecule has 0 radical (unpaired) electrons. The molecule has 4 atom stereocenters. The molecule has 2 aliphatic rings. The van der Waals surface area contributed by atoms with Crippen molar-refractivity contribution < 1.29 is 0 Å². The van der Waals surface area contributed by atoms with Crippen LogP contribution in [0.1, 0.15) is 72.1 Å². The maximum Gasteiger partial charge on any atom is 0.00978 e. The van der Waals surface area contributed by atoms with Crippen LogP contribution in [0.4, 0.5) is 0 Å². The van der Waals surface area contributed by atoms with Crippen LogP contribution in [-0.2, 0) is 0 Å². The first-order valence-electron chi connectivity index (χ1n) is 8.44. The van der Waals surface area contributed by atoms with Gasteiger partial charge in [-0.25, -0.2) is 0 Å². The van der Waals surface area contributed by atoms with Gasteiger partial charge in [0, 0.05) is 6.04 Å². The van der Waals surface area contributed by atoms with Crippen LogP contribution in [0.5, 0.6) is 0 Å². The highest BCUT2D eigenvalue weighted by Crippen LogP contribution is 2.41. The fraction of sp³-hybridized carbons (Fsp3) is 1.00. The van der Waals surface area contributed by atoms with Crippen molar-refractivity contribution in [2.75, 3.05) is 6.54 Å². The van der Waals surface area contributed by atoms with E-state index in [0.29, 0.717) is 0 Å². The van der Waals surface area contributed by atoms with Crippen molar-refractivity contribution in [3.05, 3.63) is 0 Å². The van der Waals surface area contributed by atoms with Crippen molar-refractivity contribution in [1.82, 2.24) is 5.32 Å². The van der Waals surface area contributed by atoms with Crippen molar-refractivity contribution in [1.29, 1.82) is 0 Å². The Bertz CT molecular complexity index is 228. The fourth-order valence-corrected chi connectivity index (χ4v) is 4.77. The van der Waals surface area contributed by atoms with Gasteiger partial charge in [0.1, 0.15) is 0 Å². The van der Waals surface area contributed by atoms with Gasteiger partial charge in [-0.2, -0.15) is 0 Å². The second kappa shape index (κ2) is 6.93. The van der Waals surface area contributed by atoms with Crippen LogP contribution in [0.3, 0.4) is 0 Å². The van der Waals surface area contributed by atoms with Crippen molar-refractivity contribution in [2.24, 2.45) is 23.7 Å². The van der Waals surface area contributed by atoms with Crippen LogP contribution in [0.15, 0.2) is 0 Å². The summed E-state index contributed by atoms with van der Waals surface area (Å²) in [7, 11) is 0. The SMILES string of the molecule is CCNC1CCCCCC1C1CC(C)CC(C)C1. The third-order valence-corrected chi connectivity index (χ3v) is 5.36. The fourth-order valence-electron chi connectivity index (χ4n) is 4.77. The predicted octanol–water partition coefficient (Wildman–Crippen LogP) is 4.62. The van der Waals surface area contributed by atoms with E-state index in [-0.39, 0.29) is 0 Å². The topological polar surface area (TPSA) is 12.0 Å². The third kappa shape index (κ3) is 3.73. The maximum absolute atomic E-state index is 3.80. The molecule has 2 aliphatic carbocycles. The highest BCUT2D eigenvalue weighted by molar-refractivity contribution is 4.88. The summed E-state index contributed by atoms with van der Waals surface area (Å²) in [5.74, 6) is 3.90. The van der Waals surface area contributed by atoms with Gasteiger partial charge in [0.05, 0.1) is 0 Å². The van der Waals surface area contributed by atoms with Gasteiger partial charge in [-0.05, 0) is 62.3 Å². The molecular weight excluding hydrogens is 218 g/mol. The van der Waals surface area contributed by atoms with Crippen LogP contribution in [0.2, 0.25) is 0 Å². The van der Waals surface area contributed by atoms with Crippen LogP contribution in [0.25, 0.3) is 0 Å². The lowest BCUT2D eigenvalue weighted by molar-refractivity contribution is 0.127. The van der Waals surface area contributed by atoms with E-state index in [9.17, 15) is 0 Å². The summed E-state index contributed by atoms with van der Waals surface area (Å²) in [6.45, 7) is 8.37. The number of hydrogen-bond donors (Lipinski definition) is 1. The van der Waals surface area contributed by atoms with Crippen molar-refractivity contribution in [3.8, 4) is 0 Å². The number of rotatable bonds is 3. The molecule has 18 heavy (non-hydrogen) atoms. The standard InChI is InChI=1S/C17H33N/c1-4-18-17-9-7-5-6-8-16(17)15-11-13(2)10-14(3)12-15/h13-18H,4-12H2,1-3H3. The molecule has 2 saturated carbocycles. The van der Waals surface area contributed by atoms with E-state index in [0.717, 1.165) is 36.3 Å². The van der Waals surface area contributed by atoms with Gasteiger partial charge in [0.25, 0.3) is 0 Å². The van der Waals surface area contributed by atoms with E-state index in [1.807, 2.05) is 0 Å². The molecule has 106 valence electrons. The number of nitrogens with one attached hydrogen (secondary N) is 1. The van der Waals surface area contributed by atoms with Gasteiger partial charge < -0.3 is 5.32 Å². The smallest absolute Gasteiger partial charge is 0.00978 e. The first-order valence-corrected chi connectivity index (χ1v) is 8.44. The zero-order valence-corrected chi connectivity index (χ0v) is 12.8. The van der Waals surface area contributed by atoms with Gasteiger partial charge in [0.15, 0.2) is 0 Å². The normalized spacial score (nSPS) is 42.5. The van der Waals surface area contributed by atoms with E-state index in [1.165, 1.54) is 51.4 Å². The molecule has 1 nitrogen and oxygen atoms in total. The summed E-state index contributed by atoms with van der Waals surface area (Å²) in [4.78, 5) is 0. The maximum atomic E-state index is 3.80. The van der Waals surface area contributed by atoms with Crippen molar-refractivity contribution in [2.45, 2.75) is 78.2 Å². The third-order valence-electron chi connectivity index (χ3n) is 5.36. The monoisotopic (exact) mass is 251 g/mol. The molecule has 0 aromatic heterocycles. The highest BCUT2D eigenvalue weighted by atomic mass is 14.9. The summed E-state index contributed by atoms with van der Waals surface area (Å²) < 4.78 is 0. The summed E-state index contributed by atoms with van der Waals surface area (Å²) >= 11 is 0. The minimum Gasteiger partial charge on any atom is -0.314 e. The molecule has 0 amide bonds. The Balaban J connectivity index is 2.01. The minimum atomic E-state index is 0.819. The Morgan fingerprint density at radius 3 is 2.22 bits per heavy atom. The Hall–Kier alpha value is -0.0400. The van der Waals surface area contributed by atoms with E-state index >= 15 is 0 Å². The average Bonchev–Trinajstić information content (AvgIpc) is 2.54. The van der Waals surface area contributed by atoms with Crippen LogP contribution in [-0.4, -0.2) is 12.6 Å². The molecule has 2 rings (SSSR count). The lowest BCUT2D eigenvalue weighted by atomic mass is 9.68. The highest BCUT2D eigenvalue weighted by Gasteiger charge is 2.34. The Labute approximate surface area is 114 Å². The van der Waals surface area contributed by atoms with Crippen LogP contribution < -0.4 is 5.32 Å². The summed E-state index contributed by atoms with van der Waals surface area (Å²) in [5, 5.41) is 3.80. The van der Waals surface area contributed by atoms with Gasteiger partial charge in [-0.3, -0.25) is 0 Å². The molecule has 0 spiro atoms. The Kier molecular flexibility index (Phi) is 5.54. The van der Waals surface area contributed by atoms with Gasteiger partial charge >= 0.3 is 0 Å². The van der Waals surface area contributed by atoms with Gasteiger partial charge in [-0.1, -0.05) is 40.0 Å². The van der Waals surface area contributed by atoms with Crippen LogP contribution in [0, 0.1) is 23.7 Å². The molecule has 1 N–H and O–H groups in total. The molecule has 0 bridgehead atoms. The molecular formula is C17H33N. The average molecular weight is 251 g/mol. The lowest BCUT2D eigenvalue weighted by Gasteiger charge is -2.40. The van der Waals surface area contributed by atoms with E-state index < -0.39 is 0 Å². The van der Waals surface area contributed by atoms with Crippen LogP contribution >= 0.6 is 0 Å². The van der Waals surface area contributed by atoms with E-state index in [2.05, 4.69) is 26.1 Å². The van der Waals surface area contributed by atoms with Gasteiger partial charge in [-0.15, -0.1) is 0 Å². The van der Waals surface area contributed by atoms with Crippen molar-refractivity contribution >= 4 is 0 Å². The lowest BCUT2D eigenvalue weighted by Crippen LogP contribution is -2.41. The Morgan fingerprint density at radius 2 is 1.56 bits per heavy atom. The molecule has 0 saturated heterocycles. The van der Waals surface area contributed by atoms with Crippen molar-refractivity contribution in [3.63, 3.8) is 0 Å². The quantitative estimate of drug-likeness (QED) is 0.722. The molecule has 2 fully saturated rings. The molecule has 0 aliphatic heterocycles. The zero-order valence-electron chi connectivity index (χ0n) is 12.8. The molecule has 0 aromatic rings. The van der Waals surface area contributed by atoms with Gasteiger partial charge in [0.2, 0.25) is 0 Å². The summed E-state index contributed by atoms with van der Waals surface area (Å²) in [5.41, 5.74) is 0. The second-order valence-electron chi connectivity index (χ2n) is 7.14. The molecule has 0 aromatic carbocycles. The summed E-state index contributed by atoms with van der Waals surface area (Å²) in [6.07, 6.45) is 11.8. The molecule has 4 unspecified atom stereocenters. The molecule has 0 heterocycles. The van der Waals surface area contributed by atoms with E-state index in [1.54, 1.807) is 0 Å². The molecule has 1 heteroatoms. The predicted molar refractivity (Wildman–Crippen MR) is 79.7 cm³/mol. The zero-order chi connectivity index (χ0) is 13.0. The Morgan fingerprint density at radius 1 is 0.889 bits per heavy atom. The first-order chi connectivity index (χ1) is 8.70. The summed E-state index contributed by atoms with van der Waals surface area (Å²) in [6, 6.07) is 0.819. The second-order valence-corrected chi connectivity index (χ2v) is 7.14. The number of hydrogen-bond acceptors (Lipinski definition) is 1. The minimum absolute atomic E-state index is 0.819. The first kappa shape index (κ1) is 14.4. The van der Waals surface area contributed by atoms with E-state index in [4.69, 9.17) is 0 Å². The largest absolute Gasteiger partial charge is 0.314 e.